The molecule has 1 amide bonds. The molecule has 5 nitrogen and oxygen atoms in total. The smallest absolute Gasteiger partial charge is 0.407 e. The van der Waals surface area contributed by atoms with Crippen LogP contribution in [0.4, 0.5) is 4.79 Å². The van der Waals surface area contributed by atoms with Crippen LogP contribution in [0.25, 0.3) is 6.08 Å². The van der Waals surface area contributed by atoms with Gasteiger partial charge in [-0.05, 0) is 23.6 Å². The number of methoxy groups -OCH3 is 1. The third kappa shape index (κ3) is 6.62. The average molecular weight is 367 g/mol. The predicted octanol–water partition coefficient (Wildman–Crippen LogP) is 4.34. The van der Waals surface area contributed by atoms with E-state index in [-0.39, 0.29) is 6.61 Å². The van der Waals surface area contributed by atoms with Crippen molar-refractivity contribution in [3.05, 3.63) is 77.4 Å². The summed E-state index contributed by atoms with van der Waals surface area (Å²) in [6, 6.07) is 18.4. The van der Waals surface area contributed by atoms with E-state index in [1.165, 1.54) is 7.11 Å². The zero-order valence-electron chi connectivity index (χ0n) is 15.7. The van der Waals surface area contributed by atoms with Gasteiger partial charge in [-0.25, -0.2) is 9.59 Å². The Hall–Kier alpha value is -3.08. The number of hydrogen-bond donors (Lipinski definition) is 1. The Morgan fingerprint density at radius 3 is 2.26 bits per heavy atom. The normalized spacial score (nSPS) is 12.1. The first-order chi connectivity index (χ1) is 13.1. The van der Waals surface area contributed by atoms with Gasteiger partial charge in [0.15, 0.2) is 0 Å². The number of carbonyl (C=O) groups is 2. The number of benzene rings is 2. The van der Waals surface area contributed by atoms with Crippen LogP contribution in [0, 0.1) is 0 Å². The molecular formula is C22H25NO4. The van der Waals surface area contributed by atoms with Gasteiger partial charge in [-0.1, -0.05) is 74.0 Å². The van der Waals surface area contributed by atoms with Crippen LogP contribution < -0.4 is 5.32 Å². The molecule has 0 heterocycles. The van der Waals surface area contributed by atoms with Crippen molar-refractivity contribution < 1.29 is 19.1 Å². The van der Waals surface area contributed by atoms with Crippen LogP contribution in [-0.4, -0.2) is 25.2 Å². The quantitative estimate of drug-likeness (QED) is 0.557. The highest BCUT2D eigenvalue weighted by Crippen LogP contribution is 2.16. The molecule has 0 aliphatic heterocycles. The summed E-state index contributed by atoms with van der Waals surface area (Å²) in [6.45, 7) is 2.16. The van der Waals surface area contributed by atoms with Crippen LogP contribution in [-0.2, 0) is 20.9 Å². The Morgan fingerprint density at radius 2 is 1.67 bits per heavy atom. The summed E-state index contributed by atoms with van der Waals surface area (Å²) >= 11 is 0. The highest BCUT2D eigenvalue weighted by molar-refractivity contribution is 5.95. The van der Waals surface area contributed by atoms with Gasteiger partial charge in [0.2, 0.25) is 0 Å². The molecule has 0 saturated heterocycles. The lowest BCUT2D eigenvalue weighted by atomic mass is 9.99. The predicted molar refractivity (Wildman–Crippen MR) is 105 cm³/mol. The lowest BCUT2D eigenvalue weighted by Gasteiger charge is -2.20. The van der Waals surface area contributed by atoms with Crippen LogP contribution in [0.2, 0.25) is 0 Å². The number of carbonyl (C=O) groups excluding carboxylic acids is 2. The molecule has 0 aliphatic rings. The van der Waals surface area contributed by atoms with Crippen molar-refractivity contribution in [3.8, 4) is 0 Å². The number of hydrogen-bond acceptors (Lipinski definition) is 4. The van der Waals surface area contributed by atoms with E-state index in [1.807, 2.05) is 67.6 Å². The van der Waals surface area contributed by atoms with Gasteiger partial charge in [-0.2, -0.15) is 0 Å². The molecule has 27 heavy (non-hydrogen) atoms. The van der Waals surface area contributed by atoms with Crippen molar-refractivity contribution in [2.45, 2.75) is 32.4 Å². The van der Waals surface area contributed by atoms with E-state index in [0.29, 0.717) is 12.0 Å². The minimum Gasteiger partial charge on any atom is -0.466 e. The van der Waals surface area contributed by atoms with Crippen molar-refractivity contribution in [2.24, 2.45) is 0 Å². The summed E-state index contributed by atoms with van der Waals surface area (Å²) < 4.78 is 10.2. The second kappa shape index (κ2) is 10.8. The molecule has 0 unspecified atom stereocenters. The lowest BCUT2D eigenvalue weighted by molar-refractivity contribution is -0.136. The van der Waals surface area contributed by atoms with E-state index in [1.54, 1.807) is 6.08 Å². The molecule has 0 spiro atoms. The Balaban J connectivity index is 2.12. The molecule has 0 fully saturated rings. The minimum atomic E-state index is -0.569. The Morgan fingerprint density at radius 1 is 1.04 bits per heavy atom. The van der Waals surface area contributed by atoms with Gasteiger partial charge in [-0.3, -0.25) is 0 Å². The van der Waals surface area contributed by atoms with Crippen molar-refractivity contribution in [1.29, 1.82) is 0 Å². The molecule has 0 bridgehead atoms. The van der Waals surface area contributed by atoms with E-state index in [9.17, 15) is 9.59 Å². The largest absolute Gasteiger partial charge is 0.466 e. The van der Waals surface area contributed by atoms with E-state index in [2.05, 4.69) is 5.32 Å². The first-order valence-corrected chi connectivity index (χ1v) is 8.96. The average Bonchev–Trinajstić information content (AvgIpc) is 2.71. The van der Waals surface area contributed by atoms with Crippen molar-refractivity contribution in [3.63, 3.8) is 0 Å². The second-order valence-corrected chi connectivity index (χ2v) is 6.05. The SMILES string of the molecule is CCC[C@H](NC(=O)OCc1ccccc1)/C(=C\c1ccccc1)C(=O)OC. The molecule has 2 aromatic carbocycles. The Labute approximate surface area is 160 Å². The fraction of sp³-hybridized carbons (Fsp3) is 0.273. The van der Waals surface area contributed by atoms with E-state index in [4.69, 9.17) is 9.47 Å². The summed E-state index contributed by atoms with van der Waals surface area (Å²) in [7, 11) is 1.33. The van der Waals surface area contributed by atoms with Gasteiger partial charge >= 0.3 is 12.1 Å². The summed E-state index contributed by atoms with van der Waals surface area (Å²) in [5.41, 5.74) is 2.15. The third-order valence-electron chi connectivity index (χ3n) is 4.00. The van der Waals surface area contributed by atoms with Crippen molar-refractivity contribution in [1.82, 2.24) is 5.32 Å². The number of rotatable bonds is 8. The topological polar surface area (TPSA) is 64.6 Å². The third-order valence-corrected chi connectivity index (χ3v) is 4.00. The fourth-order valence-corrected chi connectivity index (χ4v) is 2.65. The monoisotopic (exact) mass is 367 g/mol. The molecule has 0 aromatic heterocycles. The second-order valence-electron chi connectivity index (χ2n) is 6.05. The Bertz CT molecular complexity index is 756. The van der Waals surface area contributed by atoms with E-state index in [0.717, 1.165) is 17.5 Å². The van der Waals surface area contributed by atoms with Crippen LogP contribution in [0.3, 0.4) is 0 Å². The van der Waals surface area contributed by atoms with E-state index < -0.39 is 18.1 Å². The maximum atomic E-state index is 12.3. The summed E-state index contributed by atoms with van der Waals surface area (Å²) in [5.74, 6) is -0.472. The molecule has 2 rings (SSSR count). The van der Waals surface area contributed by atoms with Gasteiger partial charge in [-0.15, -0.1) is 0 Å². The van der Waals surface area contributed by atoms with Gasteiger partial charge in [0, 0.05) is 0 Å². The van der Waals surface area contributed by atoms with Gasteiger partial charge in [0.05, 0.1) is 18.7 Å². The summed E-state index contributed by atoms with van der Waals surface area (Å²) in [5, 5.41) is 2.79. The maximum absolute atomic E-state index is 12.3. The number of ether oxygens (including phenoxy) is 2. The molecule has 5 heteroatoms. The lowest BCUT2D eigenvalue weighted by Crippen LogP contribution is -2.39. The molecule has 1 N–H and O–H groups in total. The van der Waals surface area contributed by atoms with Gasteiger partial charge in [0.25, 0.3) is 0 Å². The fourth-order valence-electron chi connectivity index (χ4n) is 2.65. The molecule has 2 aromatic rings. The van der Waals surface area contributed by atoms with Crippen molar-refractivity contribution >= 4 is 18.1 Å². The van der Waals surface area contributed by atoms with E-state index >= 15 is 0 Å². The van der Waals surface area contributed by atoms with Crippen molar-refractivity contribution in [2.75, 3.05) is 7.11 Å². The Kier molecular flexibility index (Phi) is 8.10. The van der Waals surface area contributed by atoms with Crippen LogP contribution in [0.15, 0.2) is 66.2 Å². The number of amides is 1. The number of esters is 1. The van der Waals surface area contributed by atoms with Gasteiger partial charge in [0.1, 0.15) is 6.61 Å². The minimum absolute atomic E-state index is 0.168. The van der Waals surface area contributed by atoms with Gasteiger partial charge < -0.3 is 14.8 Å². The molecular weight excluding hydrogens is 342 g/mol. The molecule has 1 atom stereocenters. The highest BCUT2D eigenvalue weighted by atomic mass is 16.5. The first kappa shape index (κ1) is 20.2. The molecule has 142 valence electrons. The summed E-state index contributed by atoms with van der Waals surface area (Å²) in [4.78, 5) is 24.6. The first-order valence-electron chi connectivity index (χ1n) is 8.96. The molecule has 0 radical (unpaired) electrons. The van der Waals surface area contributed by atoms with Crippen LogP contribution in [0.5, 0.6) is 0 Å². The maximum Gasteiger partial charge on any atom is 0.407 e. The number of alkyl carbamates (subject to hydrolysis) is 1. The summed E-state index contributed by atoms with van der Waals surface area (Å²) in [6.07, 6.45) is 2.55. The van der Waals surface area contributed by atoms with Crippen LogP contribution >= 0.6 is 0 Å². The standard InChI is InChI=1S/C22H25NO4/c1-3-10-20(23-22(25)27-16-18-13-8-5-9-14-18)19(21(24)26-2)15-17-11-6-4-7-12-17/h4-9,11-15,20H,3,10,16H2,1-2H3,(H,23,25)/b19-15+/t20-/m0/s1. The molecule has 0 aliphatic carbocycles. The van der Waals surface area contributed by atoms with Crippen LogP contribution in [0.1, 0.15) is 30.9 Å². The zero-order valence-corrected chi connectivity index (χ0v) is 15.7. The zero-order chi connectivity index (χ0) is 19.5. The highest BCUT2D eigenvalue weighted by Gasteiger charge is 2.23. The molecule has 0 saturated carbocycles. The number of nitrogens with one attached hydrogen (secondary N) is 1.